The van der Waals surface area contributed by atoms with Crippen LogP contribution in [0.5, 0.6) is 5.75 Å². The predicted molar refractivity (Wildman–Crippen MR) is 116 cm³/mol. The summed E-state index contributed by atoms with van der Waals surface area (Å²) in [7, 11) is 1.69. The molecule has 8 heteroatoms. The first kappa shape index (κ1) is 19.6. The zero-order chi connectivity index (χ0) is 20.4. The zero-order valence-electron chi connectivity index (χ0n) is 17.1. The van der Waals surface area contributed by atoms with E-state index in [0.717, 1.165) is 49.8 Å². The number of aryl methyl sites for hydroxylation is 2. The van der Waals surface area contributed by atoms with Gasteiger partial charge in [-0.1, -0.05) is 17.7 Å². The van der Waals surface area contributed by atoms with Crippen molar-refractivity contribution in [1.82, 2.24) is 19.8 Å². The quantitative estimate of drug-likeness (QED) is 0.649. The van der Waals surface area contributed by atoms with Crippen molar-refractivity contribution in [3.05, 3.63) is 58.4 Å². The molecule has 1 saturated heterocycles. The summed E-state index contributed by atoms with van der Waals surface area (Å²) < 4.78 is 9.49. The topological polar surface area (TPSA) is 52.6 Å². The molecule has 0 saturated carbocycles. The van der Waals surface area contributed by atoms with Crippen LogP contribution in [0.15, 0.2) is 42.5 Å². The van der Waals surface area contributed by atoms with E-state index >= 15 is 0 Å². The smallest absolute Gasteiger partial charge is 0.225 e. The summed E-state index contributed by atoms with van der Waals surface area (Å²) in [5.41, 5.74) is 4.60. The second-order valence-corrected chi connectivity index (χ2v) is 7.92. The fourth-order valence-electron chi connectivity index (χ4n) is 3.81. The Balaban J connectivity index is 1.41. The summed E-state index contributed by atoms with van der Waals surface area (Å²) >= 11 is 5.66. The van der Waals surface area contributed by atoms with Crippen molar-refractivity contribution in [3.63, 3.8) is 0 Å². The van der Waals surface area contributed by atoms with Gasteiger partial charge in [-0.15, -0.1) is 0 Å². The number of ether oxygens (including phenoxy) is 1. The maximum atomic E-state index is 5.66. The first-order chi connectivity index (χ1) is 14.0. The van der Waals surface area contributed by atoms with Crippen molar-refractivity contribution in [2.24, 2.45) is 0 Å². The van der Waals surface area contributed by atoms with Crippen LogP contribution in [-0.2, 0) is 6.67 Å². The first-order valence-corrected chi connectivity index (χ1v) is 10.3. The Hall–Kier alpha value is -2.71. The normalized spacial score (nSPS) is 14.9. The second kappa shape index (κ2) is 8.34. The average molecular weight is 412 g/mol. The SMILES string of the molecule is COc1ccc(N2CC[NH+](Cn3nnn(-c4ccc(C)cc4C)c3=S)CC2)cc1. The highest BCUT2D eigenvalue weighted by atomic mass is 32.1. The number of hydrogen-bond acceptors (Lipinski definition) is 5. The van der Waals surface area contributed by atoms with Crippen LogP contribution in [-0.4, -0.2) is 53.1 Å². The lowest BCUT2D eigenvalue weighted by atomic mass is 10.1. The van der Waals surface area contributed by atoms with Crippen LogP contribution in [0, 0.1) is 18.6 Å². The van der Waals surface area contributed by atoms with Crippen molar-refractivity contribution >= 4 is 17.9 Å². The average Bonchev–Trinajstić information content (AvgIpc) is 3.09. The molecule has 0 amide bonds. The molecule has 152 valence electrons. The zero-order valence-corrected chi connectivity index (χ0v) is 17.9. The van der Waals surface area contributed by atoms with Gasteiger partial charge in [0, 0.05) is 5.69 Å². The molecule has 0 bridgehead atoms. The van der Waals surface area contributed by atoms with Gasteiger partial charge in [-0.2, -0.15) is 9.36 Å². The fourth-order valence-corrected chi connectivity index (χ4v) is 4.05. The Morgan fingerprint density at radius 2 is 1.76 bits per heavy atom. The van der Waals surface area contributed by atoms with Gasteiger partial charge in [-0.25, -0.2) is 0 Å². The van der Waals surface area contributed by atoms with Gasteiger partial charge in [0.15, 0.2) is 6.67 Å². The molecule has 2 aromatic carbocycles. The molecule has 1 fully saturated rings. The van der Waals surface area contributed by atoms with E-state index in [4.69, 9.17) is 17.0 Å². The molecule has 0 aliphatic carbocycles. The van der Waals surface area contributed by atoms with Gasteiger partial charge in [0.2, 0.25) is 4.77 Å². The Labute approximate surface area is 176 Å². The Morgan fingerprint density at radius 3 is 2.41 bits per heavy atom. The summed E-state index contributed by atoms with van der Waals surface area (Å²) in [5.74, 6) is 0.888. The number of rotatable bonds is 5. The standard InChI is InChI=1S/C21H26N6OS/c1-16-4-9-20(17(2)14-16)27-21(29)26(22-23-27)15-24-10-12-25(13-11-24)18-5-7-19(28-3)8-6-18/h4-9,14H,10-13,15H2,1-3H3/p+1. The third-order valence-electron chi connectivity index (χ3n) is 5.50. The van der Waals surface area contributed by atoms with Crippen LogP contribution in [0.2, 0.25) is 0 Å². The van der Waals surface area contributed by atoms with Crippen molar-refractivity contribution < 1.29 is 9.64 Å². The van der Waals surface area contributed by atoms with Crippen LogP contribution < -0.4 is 14.5 Å². The summed E-state index contributed by atoms with van der Waals surface area (Å²) in [6.07, 6.45) is 0. The fraction of sp³-hybridized carbons (Fsp3) is 0.381. The number of nitrogens with zero attached hydrogens (tertiary/aromatic N) is 5. The van der Waals surface area contributed by atoms with Crippen LogP contribution in [0.25, 0.3) is 5.69 Å². The van der Waals surface area contributed by atoms with E-state index < -0.39 is 0 Å². The Bertz CT molecular complexity index is 1030. The highest BCUT2D eigenvalue weighted by Crippen LogP contribution is 2.19. The lowest BCUT2D eigenvalue weighted by Crippen LogP contribution is -3.14. The molecule has 0 atom stereocenters. The molecule has 1 N–H and O–H groups in total. The molecule has 1 aliphatic rings. The van der Waals surface area contributed by atoms with Crippen LogP contribution in [0.4, 0.5) is 5.69 Å². The molecule has 2 heterocycles. The lowest BCUT2D eigenvalue weighted by molar-refractivity contribution is -0.924. The Morgan fingerprint density at radius 1 is 1.03 bits per heavy atom. The summed E-state index contributed by atoms with van der Waals surface area (Å²) in [5, 5.41) is 8.63. The van der Waals surface area contributed by atoms with E-state index in [1.165, 1.54) is 16.2 Å². The van der Waals surface area contributed by atoms with E-state index in [1.807, 2.05) is 16.8 Å². The summed E-state index contributed by atoms with van der Waals surface area (Å²) in [6, 6.07) is 14.5. The number of benzene rings is 2. The van der Waals surface area contributed by atoms with Gasteiger partial charge in [-0.05, 0) is 72.4 Å². The molecule has 1 aromatic heterocycles. The van der Waals surface area contributed by atoms with E-state index in [2.05, 4.69) is 59.5 Å². The minimum atomic E-state index is 0.641. The molecular weight excluding hydrogens is 384 g/mol. The highest BCUT2D eigenvalue weighted by molar-refractivity contribution is 7.71. The number of hydrogen-bond donors (Lipinski definition) is 1. The molecule has 0 unspecified atom stereocenters. The molecule has 4 rings (SSSR count). The maximum Gasteiger partial charge on any atom is 0.225 e. The van der Waals surface area contributed by atoms with Crippen molar-refractivity contribution in [2.45, 2.75) is 20.5 Å². The van der Waals surface area contributed by atoms with Gasteiger partial charge in [0.1, 0.15) is 5.75 Å². The van der Waals surface area contributed by atoms with Crippen molar-refractivity contribution in [1.29, 1.82) is 0 Å². The number of quaternary nitrogens is 1. The van der Waals surface area contributed by atoms with Crippen LogP contribution in [0.3, 0.4) is 0 Å². The number of tetrazole rings is 1. The number of piperazine rings is 1. The molecule has 29 heavy (non-hydrogen) atoms. The number of methoxy groups -OCH3 is 1. The number of nitrogens with one attached hydrogen (secondary N) is 1. The minimum absolute atomic E-state index is 0.641. The summed E-state index contributed by atoms with van der Waals surface area (Å²) in [6.45, 7) is 8.96. The third kappa shape index (κ3) is 4.18. The number of anilines is 1. The highest BCUT2D eigenvalue weighted by Gasteiger charge is 2.21. The summed E-state index contributed by atoms with van der Waals surface area (Å²) in [4.78, 5) is 3.87. The minimum Gasteiger partial charge on any atom is -0.497 e. The van der Waals surface area contributed by atoms with Crippen molar-refractivity contribution in [2.75, 3.05) is 38.2 Å². The van der Waals surface area contributed by atoms with Crippen molar-refractivity contribution in [3.8, 4) is 11.4 Å². The lowest BCUT2D eigenvalue weighted by Gasteiger charge is -2.33. The van der Waals surface area contributed by atoms with E-state index in [9.17, 15) is 0 Å². The van der Waals surface area contributed by atoms with Gasteiger partial charge < -0.3 is 14.5 Å². The molecule has 0 radical (unpaired) electrons. The first-order valence-electron chi connectivity index (χ1n) is 9.88. The maximum absolute atomic E-state index is 5.66. The second-order valence-electron chi connectivity index (χ2n) is 7.56. The molecule has 0 spiro atoms. The van der Waals surface area contributed by atoms with Gasteiger partial charge in [0.05, 0.1) is 39.0 Å². The van der Waals surface area contributed by atoms with E-state index in [0.29, 0.717) is 4.77 Å². The predicted octanol–water partition coefficient (Wildman–Crippen LogP) is 1.79. The molecule has 1 aliphatic heterocycles. The van der Waals surface area contributed by atoms with E-state index in [1.54, 1.807) is 11.8 Å². The van der Waals surface area contributed by atoms with Gasteiger partial charge in [0.25, 0.3) is 0 Å². The molecule has 7 nitrogen and oxygen atoms in total. The molecular formula is C21H27N6OS+. The Kier molecular flexibility index (Phi) is 5.64. The van der Waals surface area contributed by atoms with E-state index in [-0.39, 0.29) is 0 Å². The van der Waals surface area contributed by atoms with Crippen LogP contribution in [0.1, 0.15) is 11.1 Å². The van der Waals surface area contributed by atoms with Crippen LogP contribution >= 0.6 is 12.2 Å². The monoisotopic (exact) mass is 411 g/mol. The van der Waals surface area contributed by atoms with Gasteiger partial charge in [-0.3, -0.25) is 0 Å². The largest absolute Gasteiger partial charge is 0.497 e. The third-order valence-corrected chi connectivity index (χ3v) is 5.89. The molecule has 3 aromatic rings. The number of aromatic nitrogens is 4. The van der Waals surface area contributed by atoms with Gasteiger partial charge >= 0.3 is 0 Å².